The summed E-state index contributed by atoms with van der Waals surface area (Å²) in [5, 5.41) is 15.9. The molecule has 3 heteroatoms. The minimum Gasteiger partial charge on any atom is -0.282 e. The highest BCUT2D eigenvalue weighted by Gasteiger charge is 2.21. The fourth-order valence-electron chi connectivity index (χ4n) is 1.76. The third kappa shape index (κ3) is 0.918. The van der Waals surface area contributed by atoms with Crippen LogP contribution in [0.4, 0.5) is 0 Å². The summed E-state index contributed by atoms with van der Waals surface area (Å²) in [5.74, 6) is -0.0666. The highest BCUT2D eigenvalue weighted by Crippen LogP contribution is 2.27. The highest BCUT2D eigenvalue weighted by molar-refractivity contribution is 5.33. The van der Waals surface area contributed by atoms with E-state index in [4.69, 9.17) is 5.26 Å². The van der Waals surface area contributed by atoms with E-state index in [1.807, 2.05) is 6.92 Å². The lowest BCUT2D eigenvalue weighted by Gasteiger charge is -1.98. The third-order valence-electron chi connectivity index (χ3n) is 2.44. The summed E-state index contributed by atoms with van der Waals surface area (Å²) in [6.45, 7) is 1.90. The Morgan fingerprint density at radius 3 is 3.17 bits per heavy atom. The van der Waals surface area contributed by atoms with Crippen LogP contribution in [0.3, 0.4) is 0 Å². The van der Waals surface area contributed by atoms with Crippen molar-refractivity contribution in [1.29, 1.82) is 5.26 Å². The van der Waals surface area contributed by atoms with Crippen molar-refractivity contribution in [3.05, 3.63) is 17.0 Å². The van der Waals surface area contributed by atoms with Crippen LogP contribution >= 0.6 is 0 Å². The van der Waals surface area contributed by atoms with E-state index in [0.717, 1.165) is 18.5 Å². The largest absolute Gasteiger partial charge is 0.282 e. The molecule has 1 aliphatic rings. The van der Waals surface area contributed by atoms with Crippen LogP contribution in [0.2, 0.25) is 0 Å². The Hall–Kier alpha value is -1.30. The lowest BCUT2D eigenvalue weighted by Crippen LogP contribution is -1.94. The van der Waals surface area contributed by atoms with Crippen molar-refractivity contribution in [1.82, 2.24) is 10.2 Å². The molecule has 0 spiro atoms. The Morgan fingerprint density at radius 2 is 2.42 bits per heavy atom. The molecule has 1 heterocycles. The van der Waals surface area contributed by atoms with Crippen LogP contribution in [0.15, 0.2) is 0 Å². The maximum absolute atomic E-state index is 8.73. The van der Waals surface area contributed by atoms with Gasteiger partial charge in [0.1, 0.15) is 0 Å². The van der Waals surface area contributed by atoms with E-state index in [0.29, 0.717) is 0 Å². The van der Waals surface area contributed by atoms with E-state index in [9.17, 15) is 0 Å². The quantitative estimate of drug-likeness (QED) is 0.679. The molecule has 0 aromatic carbocycles. The molecule has 2 rings (SSSR count). The first-order chi connectivity index (χ1) is 5.83. The molecule has 3 nitrogen and oxygen atoms in total. The summed E-state index contributed by atoms with van der Waals surface area (Å²) in [4.78, 5) is 0. The second-order valence-corrected chi connectivity index (χ2v) is 3.27. The molecule has 0 saturated heterocycles. The summed E-state index contributed by atoms with van der Waals surface area (Å²) in [7, 11) is 0. The number of nitrogens with zero attached hydrogens (tertiary/aromatic N) is 2. The number of fused-ring (bicyclic) bond motifs is 1. The average Bonchev–Trinajstić information content (AvgIpc) is 2.62. The second-order valence-electron chi connectivity index (χ2n) is 3.27. The molecule has 0 saturated carbocycles. The first-order valence-electron chi connectivity index (χ1n) is 4.28. The number of H-pyrrole nitrogens is 1. The average molecular weight is 161 g/mol. The predicted molar refractivity (Wildman–Crippen MR) is 44.6 cm³/mol. The van der Waals surface area contributed by atoms with Crippen LogP contribution in [-0.2, 0) is 12.8 Å². The zero-order chi connectivity index (χ0) is 8.55. The van der Waals surface area contributed by atoms with Crippen LogP contribution in [0.5, 0.6) is 0 Å². The molecule has 1 aliphatic carbocycles. The van der Waals surface area contributed by atoms with Gasteiger partial charge in [0.25, 0.3) is 0 Å². The molecule has 0 aliphatic heterocycles. The van der Waals surface area contributed by atoms with Gasteiger partial charge in [-0.05, 0) is 31.7 Å². The number of aryl methyl sites for hydroxylation is 1. The SMILES string of the molecule is CC(C#N)c1n[nH]c2c1CCC2. The number of hydrogen-bond donors (Lipinski definition) is 1. The van der Waals surface area contributed by atoms with Gasteiger partial charge >= 0.3 is 0 Å². The van der Waals surface area contributed by atoms with E-state index in [2.05, 4.69) is 16.3 Å². The summed E-state index contributed by atoms with van der Waals surface area (Å²) >= 11 is 0. The van der Waals surface area contributed by atoms with Crippen molar-refractivity contribution < 1.29 is 0 Å². The number of nitrogens with one attached hydrogen (secondary N) is 1. The Balaban J connectivity index is 2.41. The van der Waals surface area contributed by atoms with Gasteiger partial charge < -0.3 is 0 Å². The van der Waals surface area contributed by atoms with Crippen LogP contribution in [0, 0.1) is 11.3 Å². The van der Waals surface area contributed by atoms with Crippen molar-refractivity contribution >= 4 is 0 Å². The molecular formula is C9H11N3. The lowest BCUT2D eigenvalue weighted by molar-refractivity contribution is 0.816. The van der Waals surface area contributed by atoms with Crippen LogP contribution < -0.4 is 0 Å². The molecular weight excluding hydrogens is 150 g/mol. The Kier molecular flexibility index (Phi) is 1.61. The van der Waals surface area contributed by atoms with E-state index in [1.54, 1.807) is 0 Å². The standard InChI is InChI=1S/C9H11N3/c1-6(5-10)9-7-3-2-4-8(7)11-12-9/h6H,2-4H2,1H3,(H,11,12). The molecule has 0 fully saturated rings. The Morgan fingerprint density at radius 1 is 1.58 bits per heavy atom. The minimum absolute atomic E-state index is 0.0666. The van der Waals surface area contributed by atoms with Gasteiger partial charge in [0.05, 0.1) is 17.7 Å². The van der Waals surface area contributed by atoms with Crippen molar-refractivity contribution in [2.75, 3.05) is 0 Å². The maximum atomic E-state index is 8.73. The fourth-order valence-corrected chi connectivity index (χ4v) is 1.76. The number of nitriles is 1. The van der Waals surface area contributed by atoms with E-state index in [1.165, 1.54) is 17.7 Å². The van der Waals surface area contributed by atoms with Gasteiger partial charge in [0.2, 0.25) is 0 Å². The van der Waals surface area contributed by atoms with Crippen LogP contribution in [-0.4, -0.2) is 10.2 Å². The number of hydrogen-bond acceptors (Lipinski definition) is 2. The topological polar surface area (TPSA) is 52.5 Å². The van der Waals surface area contributed by atoms with Gasteiger partial charge in [-0.2, -0.15) is 10.4 Å². The molecule has 1 unspecified atom stereocenters. The van der Waals surface area contributed by atoms with Crippen molar-refractivity contribution in [3.63, 3.8) is 0 Å². The predicted octanol–water partition coefficient (Wildman–Crippen LogP) is 1.53. The van der Waals surface area contributed by atoms with E-state index in [-0.39, 0.29) is 5.92 Å². The smallest absolute Gasteiger partial charge is 0.0878 e. The molecule has 1 atom stereocenters. The number of rotatable bonds is 1. The molecule has 0 radical (unpaired) electrons. The molecule has 1 aromatic rings. The van der Waals surface area contributed by atoms with Gasteiger partial charge in [0, 0.05) is 5.69 Å². The van der Waals surface area contributed by atoms with Gasteiger partial charge in [-0.25, -0.2) is 0 Å². The molecule has 0 bridgehead atoms. The first-order valence-corrected chi connectivity index (χ1v) is 4.28. The zero-order valence-electron chi connectivity index (χ0n) is 7.09. The van der Waals surface area contributed by atoms with E-state index < -0.39 is 0 Å². The number of aromatic nitrogens is 2. The molecule has 62 valence electrons. The minimum atomic E-state index is -0.0666. The Labute approximate surface area is 71.4 Å². The highest BCUT2D eigenvalue weighted by atomic mass is 15.1. The zero-order valence-corrected chi connectivity index (χ0v) is 7.09. The van der Waals surface area contributed by atoms with Crippen molar-refractivity contribution in [3.8, 4) is 6.07 Å². The van der Waals surface area contributed by atoms with Gasteiger partial charge in [0.15, 0.2) is 0 Å². The molecule has 1 N–H and O–H groups in total. The third-order valence-corrected chi connectivity index (χ3v) is 2.44. The fraction of sp³-hybridized carbons (Fsp3) is 0.556. The first kappa shape index (κ1) is 7.35. The Bertz CT molecular complexity index is 332. The van der Waals surface area contributed by atoms with Gasteiger partial charge in [-0.15, -0.1) is 0 Å². The normalized spacial score (nSPS) is 17.0. The van der Waals surface area contributed by atoms with Crippen molar-refractivity contribution in [2.24, 2.45) is 0 Å². The molecule has 12 heavy (non-hydrogen) atoms. The summed E-state index contributed by atoms with van der Waals surface area (Å²) < 4.78 is 0. The lowest BCUT2D eigenvalue weighted by atomic mass is 10.0. The number of aromatic amines is 1. The second kappa shape index (κ2) is 2.63. The molecule has 0 amide bonds. The van der Waals surface area contributed by atoms with Crippen LogP contribution in [0.1, 0.15) is 36.2 Å². The van der Waals surface area contributed by atoms with Gasteiger partial charge in [-0.1, -0.05) is 0 Å². The summed E-state index contributed by atoms with van der Waals surface area (Å²) in [5.41, 5.74) is 3.50. The maximum Gasteiger partial charge on any atom is 0.0878 e. The summed E-state index contributed by atoms with van der Waals surface area (Å²) in [6, 6.07) is 2.21. The monoisotopic (exact) mass is 161 g/mol. The van der Waals surface area contributed by atoms with Crippen molar-refractivity contribution in [2.45, 2.75) is 32.1 Å². The van der Waals surface area contributed by atoms with Crippen LogP contribution in [0.25, 0.3) is 0 Å². The molecule has 1 aromatic heterocycles. The van der Waals surface area contributed by atoms with E-state index >= 15 is 0 Å². The van der Waals surface area contributed by atoms with Gasteiger partial charge in [-0.3, -0.25) is 5.10 Å². The summed E-state index contributed by atoms with van der Waals surface area (Å²) in [6.07, 6.45) is 3.39.